The number of carbonyl (C=O) groups excluding carboxylic acids is 1. The van der Waals surface area contributed by atoms with Crippen LogP contribution in [-0.4, -0.2) is 45.0 Å². The van der Waals surface area contributed by atoms with Gasteiger partial charge in [0, 0.05) is 41.2 Å². The van der Waals surface area contributed by atoms with Crippen LogP contribution < -0.4 is 5.32 Å². The van der Waals surface area contributed by atoms with E-state index in [-0.39, 0.29) is 11.9 Å². The first-order valence-electron chi connectivity index (χ1n) is 12.5. The van der Waals surface area contributed by atoms with E-state index in [0.29, 0.717) is 5.56 Å². The minimum Gasteiger partial charge on any atom is -0.383 e. The van der Waals surface area contributed by atoms with Gasteiger partial charge in [-0.05, 0) is 83.0 Å². The summed E-state index contributed by atoms with van der Waals surface area (Å²) in [5.41, 5.74) is 1.87. The van der Waals surface area contributed by atoms with Gasteiger partial charge in [-0.25, -0.2) is 4.98 Å². The fraction of sp³-hybridized carbons (Fsp3) is 0.519. The highest BCUT2D eigenvalue weighted by Gasteiger charge is 2.28. The van der Waals surface area contributed by atoms with Crippen LogP contribution in [0.3, 0.4) is 0 Å². The van der Waals surface area contributed by atoms with Crippen molar-refractivity contribution in [1.29, 1.82) is 0 Å². The van der Waals surface area contributed by atoms with Crippen molar-refractivity contribution in [2.45, 2.75) is 70.6 Å². The molecule has 0 saturated heterocycles. The summed E-state index contributed by atoms with van der Waals surface area (Å²) < 4.78 is 0. The maximum atomic E-state index is 12.9. The van der Waals surface area contributed by atoms with Gasteiger partial charge in [-0.2, -0.15) is 0 Å². The number of aliphatic hydroxyl groups is 1. The standard InChI is InChI=1S/C27H34N4O2S/c1-27(2,33)26-30-23-17-31(16-13-24(23)34-26)15-12-18-8-10-19(11-9-18)29-25(32)21-5-3-7-22-20(21)6-4-14-28-22/h3-7,14,18-19,33H,8-13,15-17H2,1-2H3,(H,29,32)/t18-,19-. The quantitative estimate of drug-likeness (QED) is 0.539. The first-order valence-corrected chi connectivity index (χ1v) is 13.3. The molecule has 1 aliphatic carbocycles. The van der Waals surface area contributed by atoms with Gasteiger partial charge in [-0.15, -0.1) is 11.3 Å². The molecule has 180 valence electrons. The summed E-state index contributed by atoms with van der Waals surface area (Å²) in [5, 5.41) is 15.3. The van der Waals surface area contributed by atoms with Gasteiger partial charge >= 0.3 is 0 Å². The molecule has 0 atom stereocenters. The van der Waals surface area contributed by atoms with E-state index in [9.17, 15) is 9.90 Å². The third kappa shape index (κ3) is 5.16. The second-order valence-electron chi connectivity index (χ2n) is 10.3. The number of benzene rings is 1. The Labute approximate surface area is 205 Å². The third-order valence-corrected chi connectivity index (χ3v) is 8.73. The number of thiazole rings is 1. The molecule has 1 saturated carbocycles. The fourth-order valence-corrected chi connectivity index (χ4v) is 6.29. The van der Waals surface area contributed by atoms with E-state index in [0.717, 1.165) is 66.4 Å². The molecule has 0 radical (unpaired) electrons. The Hall–Kier alpha value is -2.35. The van der Waals surface area contributed by atoms with Crippen LogP contribution in [0.15, 0.2) is 36.5 Å². The number of amides is 1. The molecule has 1 aliphatic heterocycles. The van der Waals surface area contributed by atoms with Crippen molar-refractivity contribution in [1.82, 2.24) is 20.2 Å². The van der Waals surface area contributed by atoms with Gasteiger partial charge in [-0.3, -0.25) is 14.7 Å². The SMILES string of the molecule is CC(C)(O)c1nc2c(s1)CCN(CC[C@H]1CC[C@H](NC(=O)c3cccc4ncccc34)CC1)C2. The zero-order valence-electron chi connectivity index (χ0n) is 20.1. The van der Waals surface area contributed by atoms with Crippen molar-refractivity contribution in [3.63, 3.8) is 0 Å². The van der Waals surface area contributed by atoms with E-state index >= 15 is 0 Å². The second-order valence-corrected chi connectivity index (χ2v) is 11.4. The molecule has 3 heterocycles. The molecule has 2 aliphatic rings. The second kappa shape index (κ2) is 9.72. The fourth-order valence-electron chi connectivity index (χ4n) is 5.23. The highest BCUT2D eigenvalue weighted by Crippen LogP contribution is 2.32. The number of fused-ring (bicyclic) bond motifs is 2. The van der Waals surface area contributed by atoms with Crippen LogP contribution in [0.2, 0.25) is 0 Å². The molecular formula is C27H34N4O2S. The van der Waals surface area contributed by atoms with Crippen molar-refractivity contribution in [2.75, 3.05) is 13.1 Å². The van der Waals surface area contributed by atoms with E-state index in [1.807, 2.05) is 44.2 Å². The van der Waals surface area contributed by atoms with Gasteiger partial charge in [0.1, 0.15) is 10.6 Å². The smallest absolute Gasteiger partial charge is 0.252 e. The number of hydrogen-bond donors (Lipinski definition) is 2. The van der Waals surface area contributed by atoms with Crippen LogP contribution in [0.25, 0.3) is 10.9 Å². The summed E-state index contributed by atoms with van der Waals surface area (Å²) in [7, 11) is 0. The molecule has 2 N–H and O–H groups in total. The van der Waals surface area contributed by atoms with Gasteiger partial charge < -0.3 is 10.4 Å². The zero-order chi connectivity index (χ0) is 23.7. The van der Waals surface area contributed by atoms with E-state index < -0.39 is 5.60 Å². The van der Waals surface area contributed by atoms with E-state index in [1.165, 1.54) is 24.1 Å². The average Bonchev–Trinajstić information content (AvgIpc) is 3.27. The predicted octanol–water partition coefficient (Wildman–Crippen LogP) is 4.66. The molecule has 0 unspecified atom stereocenters. The largest absolute Gasteiger partial charge is 0.383 e. The highest BCUT2D eigenvalue weighted by atomic mass is 32.1. The molecule has 2 aromatic heterocycles. The van der Waals surface area contributed by atoms with Crippen molar-refractivity contribution in [3.8, 4) is 0 Å². The first kappa shape index (κ1) is 23.4. The number of hydrogen-bond acceptors (Lipinski definition) is 6. The molecule has 1 fully saturated rings. The monoisotopic (exact) mass is 478 g/mol. The highest BCUT2D eigenvalue weighted by molar-refractivity contribution is 7.11. The summed E-state index contributed by atoms with van der Waals surface area (Å²) in [6.07, 6.45) is 8.42. The molecule has 7 heteroatoms. The lowest BCUT2D eigenvalue weighted by molar-refractivity contribution is 0.0778. The van der Waals surface area contributed by atoms with Crippen molar-refractivity contribution >= 4 is 28.1 Å². The summed E-state index contributed by atoms with van der Waals surface area (Å²) >= 11 is 1.67. The van der Waals surface area contributed by atoms with Crippen LogP contribution in [0.5, 0.6) is 0 Å². The minimum absolute atomic E-state index is 0.0138. The van der Waals surface area contributed by atoms with Crippen LogP contribution in [0, 0.1) is 5.92 Å². The van der Waals surface area contributed by atoms with Gasteiger partial charge in [0.15, 0.2) is 0 Å². The van der Waals surface area contributed by atoms with Crippen LogP contribution >= 0.6 is 11.3 Å². The van der Waals surface area contributed by atoms with Gasteiger partial charge in [0.2, 0.25) is 0 Å². The third-order valence-electron chi connectivity index (χ3n) is 7.26. The number of pyridine rings is 1. The van der Waals surface area contributed by atoms with Crippen molar-refractivity contribution in [2.24, 2.45) is 5.92 Å². The molecule has 1 aromatic carbocycles. The first-order chi connectivity index (χ1) is 16.4. The Kier molecular flexibility index (Phi) is 6.69. The summed E-state index contributed by atoms with van der Waals surface area (Å²) in [5.74, 6) is 0.735. The topological polar surface area (TPSA) is 78.4 Å². The number of rotatable bonds is 6. The minimum atomic E-state index is -0.856. The lowest BCUT2D eigenvalue weighted by atomic mass is 9.84. The van der Waals surface area contributed by atoms with Gasteiger partial charge in [0.05, 0.1) is 11.2 Å². The lowest BCUT2D eigenvalue weighted by Crippen LogP contribution is -2.38. The Bertz CT molecular complexity index is 1160. The molecular weight excluding hydrogens is 444 g/mol. The Morgan fingerprint density at radius 2 is 2.03 bits per heavy atom. The molecule has 34 heavy (non-hydrogen) atoms. The molecule has 5 rings (SSSR count). The molecule has 1 amide bonds. The lowest BCUT2D eigenvalue weighted by Gasteiger charge is -2.32. The number of carbonyl (C=O) groups is 1. The van der Waals surface area contributed by atoms with Crippen molar-refractivity contribution in [3.05, 3.63) is 57.7 Å². The Morgan fingerprint density at radius 1 is 1.21 bits per heavy atom. The Balaban J connectivity index is 1.09. The van der Waals surface area contributed by atoms with Gasteiger partial charge in [-0.1, -0.05) is 12.1 Å². The summed E-state index contributed by atoms with van der Waals surface area (Å²) in [6, 6.07) is 9.84. The van der Waals surface area contributed by atoms with Crippen LogP contribution in [-0.2, 0) is 18.6 Å². The maximum Gasteiger partial charge on any atom is 0.252 e. The number of nitrogens with one attached hydrogen (secondary N) is 1. The average molecular weight is 479 g/mol. The normalized spacial score (nSPS) is 21.4. The summed E-state index contributed by atoms with van der Waals surface area (Å²) in [4.78, 5) is 25.9. The van der Waals surface area contributed by atoms with Crippen LogP contribution in [0.1, 0.15) is 71.9 Å². The maximum absolute atomic E-state index is 12.9. The number of aromatic nitrogens is 2. The predicted molar refractivity (Wildman–Crippen MR) is 136 cm³/mol. The van der Waals surface area contributed by atoms with E-state index in [4.69, 9.17) is 4.98 Å². The van der Waals surface area contributed by atoms with E-state index in [2.05, 4.69) is 15.2 Å². The van der Waals surface area contributed by atoms with E-state index in [1.54, 1.807) is 17.5 Å². The summed E-state index contributed by atoms with van der Waals surface area (Å²) in [6.45, 7) is 6.69. The number of nitrogens with zero attached hydrogens (tertiary/aromatic N) is 3. The van der Waals surface area contributed by atoms with Crippen molar-refractivity contribution < 1.29 is 9.90 Å². The molecule has 3 aromatic rings. The van der Waals surface area contributed by atoms with Gasteiger partial charge in [0.25, 0.3) is 5.91 Å². The molecule has 0 spiro atoms. The van der Waals surface area contributed by atoms with Crippen LogP contribution in [0.4, 0.5) is 0 Å². The molecule has 6 nitrogen and oxygen atoms in total. The Morgan fingerprint density at radius 3 is 2.82 bits per heavy atom. The zero-order valence-corrected chi connectivity index (χ0v) is 20.9. The molecule has 0 bridgehead atoms.